The molecule has 102 valence electrons. The highest BCUT2D eigenvalue weighted by Gasteiger charge is 2.15. The molecule has 0 bridgehead atoms. The van der Waals surface area contributed by atoms with Crippen molar-refractivity contribution < 1.29 is 13.2 Å². The third kappa shape index (κ3) is 1.80. The van der Waals surface area contributed by atoms with E-state index in [1.807, 2.05) is 0 Å². The van der Waals surface area contributed by atoms with Crippen molar-refractivity contribution in [2.75, 3.05) is 5.73 Å². The first kappa shape index (κ1) is 12.5. The topological polar surface area (TPSA) is 43.8 Å². The van der Waals surface area contributed by atoms with Crippen molar-refractivity contribution in [3.05, 3.63) is 53.6 Å². The van der Waals surface area contributed by atoms with E-state index in [0.717, 1.165) is 12.1 Å². The monoisotopic (exact) mass is 277 g/mol. The number of benzene rings is 2. The molecule has 2 N–H and O–H groups in total. The van der Waals surface area contributed by atoms with E-state index in [4.69, 9.17) is 5.73 Å². The molecule has 0 saturated heterocycles. The van der Waals surface area contributed by atoms with Gasteiger partial charge in [-0.05, 0) is 25.1 Å². The SMILES string of the molecule is Cc1nc2cc(N)ccc2n1-c1cc(F)c(F)c(F)c1. The van der Waals surface area contributed by atoms with E-state index in [0.29, 0.717) is 22.5 Å². The van der Waals surface area contributed by atoms with Crippen molar-refractivity contribution >= 4 is 16.7 Å². The molecule has 0 aliphatic heterocycles. The molecule has 0 radical (unpaired) electrons. The number of rotatable bonds is 1. The molecule has 0 aliphatic rings. The summed E-state index contributed by atoms with van der Waals surface area (Å²) in [5.41, 5.74) is 7.63. The smallest absolute Gasteiger partial charge is 0.194 e. The zero-order chi connectivity index (χ0) is 14.4. The van der Waals surface area contributed by atoms with E-state index in [9.17, 15) is 13.2 Å². The summed E-state index contributed by atoms with van der Waals surface area (Å²) in [5, 5.41) is 0. The Kier molecular flexibility index (Phi) is 2.67. The van der Waals surface area contributed by atoms with Crippen LogP contribution in [0.5, 0.6) is 0 Å². The van der Waals surface area contributed by atoms with Crippen LogP contribution >= 0.6 is 0 Å². The van der Waals surface area contributed by atoms with Gasteiger partial charge in [-0.3, -0.25) is 4.57 Å². The lowest BCUT2D eigenvalue weighted by molar-refractivity contribution is 0.446. The van der Waals surface area contributed by atoms with Crippen molar-refractivity contribution in [3.8, 4) is 5.69 Å². The van der Waals surface area contributed by atoms with E-state index < -0.39 is 17.5 Å². The molecule has 2 aromatic carbocycles. The Bertz CT molecular complexity index is 801. The third-order valence-electron chi connectivity index (χ3n) is 3.07. The Hall–Kier alpha value is -2.50. The highest BCUT2D eigenvalue weighted by molar-refractivity contribution is 5.81. The van der Waals surface area contributed by atoms with Crippen LogP contribution in [0.15, 0.2) is 30.3 Å². The van der Waals surface area contributed by atoms with Crippen LogP contribution in [0.4, 0.5) is 18.9 Å². The van der Waals surface area contributed by atoms with Gasteiger partial charge in [-0.25, -0.2) is 18.2 Å². The number of aromatic nitrogens is 2. The number of halogens is 3. The lowest BCUT2D eigenvalue weighted by Crippen LogP contribution is -2.01. The molecule has 0 saturated carbocycles. The van der Waals surface area contributed by atoms with Gasteiger partial charge in [-0.1, -0.05) is 0 Å². The van der Waals surface area contributed by atoms with Gasteiger partial charge in [0, 0.05) is 17.8 Å². The van der Waals surface area contributed by atoms with Gasteiger partial charge < -0.3 is 5.73 Å². The van der Waals surface area contributed by atoms with Crippen molar-refractivity contribution in [1.82, 2.24) is 9.55 Å². The molecule has 3 rings (SSSR count). The maximum atomic E-state index is 13.4. The minimum atomic E-state index is -1.49. The number of nitrogens with zero attached hydrogens (tertiary/aromatic N) is 2. The van der Waals surface area contributed by atoms with Gasteiger partial charge in [0.05, 0.1) is 16.7 Å². The largest absolute Gasteiger partial charge is 0.399 e. The summed E-state index contributed by atoms with van der Waals surface area (Å²) in [5.74, 6) is -3.44. The molecule has 3 aromatic rings. The van der Waals surface area contributed by atoms with Crippen LogP contribution in [0.3, 0.4) is 0 Å². The molecule has 3 nitrogen and oxygen atoms in total. The van der Waals surface area contributed by atoms with E-state index in [-0.39, 0.29) is 5.69 Å². The van der Waals surface area contributed by atoms with E-state index in [1.165, 1.54) is 0 Å². The fourth-order valence-corrected chi connectivity index (χ4v) is 2.21. The fraction of sp³-hybridized carbons (Fsp3) is 0.0714. The van der Waals surface area contributed by atoms with Crippen LogP contribution in [-0.4, -0.2) is 9.55 Å². The minimum absolute atomic E-state index is 0.172. The molecular formula is C14H10F3N3. The van der Waals surface area contributed by atoms with Crippen molar-refractivity contribution in [1.29, 1.82) is 0 Å². The Balaban J connectivity index is 2.32. The van der Waals surface area contributed by atoms with Gasteiger partial charge in [-0.2, -0.15) is 0 Å². The molecule has 0 amide bonds. The summed E-state index contributed by atoms with van der Waals surface area (Å²) in [6, 6.07) is 6.89. The number of aryl methyl sites for hydroxylation is 1. The van der Waals surface area contributed by atoms with Gasteiger partial charge in [0.1, 0.15) is 5.82 Å². The average molecular weight is 277 g/mol. The number of hydrogen-bond acceptors (Lipinski definition) is 2. The molecule has 0 spiro atoms. The molecule has 0 fully saturated rings. The number of anilines is 1. The summed E-state index contributed by atoms with van der Waals surface area (Å²) in [7, 11) is 0. The van der Waals surface area contributed by atoms with E-state index in [1.54, 1.807) is 29.7 Å². The van der Waals surface area contributed by atoms with Crippen LogP contribution in [0.1, 0.15) is 5.82 Å². The molecule has 0 atom stereocenters. The molecule has 0 unspecified atom stereocenters. The maximum Gasteiger partial charge on any atom is 0.194 e. The predicted octanol–water partition coefficient (Wildman–Crippen LogP) is 3.33. The Morgan fingerprint density at radius 3 is 2.35 bits per heavy atom. The lowest BCUT2D eigenvalue weighted by Gasteiger charge is -2.08. The third-order valence-corrected chi connectivity index (χ3v) is 3.07. The molecule has 0 aliphatic carbocycles. The molecule has 6 heteroatoms. The molecule has 20 heavy (non-hydrogen) atoms. The van der Waals surface area contributed by atoms with Gasteiger partial charge in [-0.15, -0.1) is 0 Å². The number of imidazole rings is 1. The van der Waals surface area contributed by atoms with Gasteiger partial charge in [0.2, 0.25) is 0 Å². The second kappa shape index (κ2) is 4.26. The quantitative estimate of drug-likeness (QED) is 0.547. The van der Waals surface area contributed by atoms with Gasteiger partial charge >= 0.3 is 0 Å². The summed E-state index contributed by atoms with van der Waals surface area (Å²) >= 11 is 0. The average Bonchev–Trinajstić information content (AvgIpc) is 2.70. The van der Waals surface area contributed by atoms with Crippen LogP contribution < -0.4 is 5.73 Å². The summed E-state index contributed by atoms with van der Waals surface area (Å²) < 4.78 is 41.3. The van der Waals surface area contributed by atoms with E-state index in [2.05, 4.69) is 4.98 Å². The van der Waals surface area contributed by atoms with Crippen molar-refractivity contribution in [2.45, 2.75) is 6.92 Å². The summed E-state index contributed by atoms with van der Waals surface area (Å²) in [6.07, 6.45) is 0. The Morgan fingerprint density at radius 1 is 1.05 bits per heavy atom. The standard InChI is InChI=1S/C14H10F3N3/c1-7-19-12-4-8(18)2-3-13(12)20(7)9-5-10(15)14(17)11(16)6-9/h2-6H,18H2,1H3. The number of nitrogens with two attached hydrogens (primary N) is 1. The predicted molar refractivity (Wildman–Crippen MR) is 70.1 cm³/mol. The second-order valence-electron chi connectivity index (χ2n) is 4.47. The highest BCUT2D eigenvalue weighted by Crippen LogP contribution is 2.25. The highest BCUT2D eigenvalue weighted by atomic mass is 19.2. The van der Waals surface area contributed by atoms with Crippen LogP contribution in [0.2, 0.25) is 0 Å². The zero-order valence-corrected chi connectivity index (χ0v) is 10.5. The first-order chi connectivity index (χ1) is 9.47. The zero-order valence-electron chi connectivity index (χ0n) is 10.5. The summed E-state index contributed by atoms with van der Waals surface area (Å²) in [4.78, 5) is 4.28. The first-order valence-corrected chi connectivity index (χ1v) is 5.87. The number of hydrogen-bond donors (Lipinski definition) is 1. The number of fused-ring (bicyclic) bond motifs is 1. The lowest BCUT2D eigenvalue weighted by atomic mass is 10.2. The summed E-state index contributed by atoms with van der Waals surface area (Å²) in [6.45, 7) is 1.69. The Labute approximate surface area is 112 Å². The minimum Gasteiger partial charge on any atom is -0.399 e. The first-order valence-electron chi connectivity index (χ1n) is 5.87. The normalized spacial score (nSPS) is 11.2. The number of nitrogen functional groups attached to an aromatic ring is 1. The van der Waals surface area contributed by atoms with Crippen LogP contribution in [0, 0.1) is 24.4 Å². The molecule has 1 aromatic heterocycles. The van der Waals surface area contributed by atoms with E-state index >= 15 is 0 Å². The maximum absolute atomic E-state index is 13.4. The Morgan fingerprint density at radius 2 is 1.70 bits per heavy atom. The van der Waals surface area contributed by atoms with Gasteiger partial charge in [0.25, 0.3) is 0 Å². The van der Waals surface area contributed by atoms with Crippen LogP contribution in [0.25, 0.3) is 16.7 Å². The van der Waals surface area contributed by atoms with Crippen LogP contribution in [-0.2, 0) is 0 Å². The van der Waals surface area contributed by atoms with Crippen molar-refractivity contribution in [3.63, 3.8) is 0 Å². The fourth-order valence-electron chi connectivity index (χ4n) is 2.21. The molecular weight excluding hydrogens is 267 g/mol. The molecule has 1 heterocycles. The van der Waals surface area contributed by atoms with Crippen molar-refractivity contribution in [2.24, 2.45) is 0 Å². The second-order valence-corrected chi connectivity index (χ2v) is 4.47. The van der Waals surface area contributed by atoms with Gasteiger partial charge in [0.15, 0.2) is 17.5 Å².